The molecule has 0 aliphatic carbocycles. The molecule has 35 heavy (non-hydrogen) atoms. The topological polar surface area (TPSA) is 73.8 Å². The highest BCUT2D eigenvalue weighted by atomic mass is 15.2. The Morgan fingerprint density at radius 2 is 1.66 bits per heavy atom. The number of aromatic amines is 1. The Kier molecular flexibility index (Phi) is 6.54. The number of benzene rings is 2. The van der Waals surface area contributed by atoms with Gasteiger partial charge in [0.15, 0.2) is 7.98 Å². The van der Waals surface area contributed by atoms with Gasteiger partial charge in [-0.1, -0.05) is 30.3 Å². The van der Waals surface area contributed by atoms with Gasteiger partial charge in [0.1, 0.15) is 5.82 Å². The molecule has 3 heterocycles. The summed E-state index contributed by atoms with van der Waals surface area (Å²) in [5, 5.41) is 0. The third kappa shape index (κ3) is 5.23. The van der Waals surface area contributed by atoms with Crippen LogP contribution in [-0.2, 0) is 6.54 Å². The first-order valence-corrected chi connectivity index (χ1v) is 11.6. The molecule has 7 nitrogen and oxygen atoms in total. The van der Waals surface area contributed by atoms with E-state index in [9.17, 15) is 0 Å². The number of nitrogens with zero attached hydrogens (tertiary/aromatic N) is 6. The van der Waals surface area contributed by atoms with Gasteiger partial charge in [0.25, 0.3) is 0 Å². The molecule has 0 atom stereocenters. The molecule has 2 aromatic carbocycles. The van der Waals surface area contributed by atoms with Gasteiger partial charge in [-0.3, -0.25) is 15.0 Å². The van der Waals surface area contributed by atoms with Crippen molar-refractivity contribution in [3.8, 4) is 22.6 Å². The van der Waals surface area contributed by atoms with Gasteiger partial charge >= 0.3 is 0 Å². The van der Waals surface area contributed by atoms with Gasteiger partial charge in [0, 0.05) is 56.0 Å². The number of H-pyrrole nitrogens is 1. The first kappa shape index (κ1) is 22.7. The number of aromatic nitrogens is 5. The van der Waals surface area contributed by atoms with E-state index >= 15 is 0 Å². The number of hydrogen-bond donors (Lipinski definition) is 1. The smallest absolute Gasteiger partial charge is 0.183 e. The summed E-state index contributed by atoms with van der Waals surface area (Å²) in [4.78, 5) is 25.9. The quantitative estimate of drug-likeness (QED) is 0.347. The largest absolute Gasteiger partial charge is 0.373 e. The monoisotopic (exact) mass is 459 g/mol. The first-order valence-electron chi connectivity index (χ1n) is 11.6. The van der Waals surface area contributed by atoms with Crippen molar-refractivity contribution in [1.82, 2.24) is 29.7 Å². The summed E-state index contributed by atoms with van der Waals surface area (Å²) < 4.78 is 0. The van der Waals surface area contributed by atoms with Crippen molar-refractivity contribution in [2.75, 3.05) is 25.0 Å². The van der Waals surface area contributed by atoms with Crippen LogP contribution in [0, 0.1) is 6.92 Å². The van der Waals surface area contributed by atoms with Crippen molar-refractivity contribution < 1.29 is 0 Å². The molecule has 1 N–H and O–H groups in total. The zero-order chi connectivity index (χ0) is 24.2. The summed E-state index contributed by atoms with van der Waals surface area (Å²) in [7, 11) is 8.45. The Hall–Kier alpha value is -4.04. The van der Waals surface area contributed by atoms with Gasteiger partial charge in [-0.05, 0) is 43.3 Å². The predicted octanol–water partition coefficient (Wildman–Crippen LogP) is 4.41. The number of likely N-dealkylation sites (N-methyl/N-ethyl adjacent to an activating group) is 1. The minimum atomic E-state index is 0.481. The van der Waals surface area contributed by atoms with Gasteiger partial charge in [-0.15, -0.1) is 0 Å². The van der Waals surface area contributed by atoms with Crippen molar-refractivity contribution >= 4 is 24.7 Å². The molecule has 5 aromatic rings. The van der Waals surface area contributed by atoms with Gasteiger partial charge in [-0.25, -0.2) is 4.98 Å². The maximum absolute atomic E-state index is 6.38. The zero-order valence-electron chi connectivity index (χ0n) is 19.9. The molecule has 0 amide bonds. The van der Waals surface area contributed by atoms with Crippen molar-refractivity contribution in [3.63, 3.8) is 0 Å². The van der Waals surface area contributed by atoms with Crippen LogP contribution in [0.25, 0.3) is 33.7 Å². The van der Waals surface area contributed by atoms with E-state index in [0.717, 1.165) is 57.4 Å². The van der Waals surface area contributed by atoms with E-state index in [1.165, 1.54) is 0 Å². The van der Waals surface area contributed by atoms with Crippen LogP contribution >= 0.6 is 0 Å². The van der Waals surface area contributed by atoms with Crippen LogP contribution in [-0.4, -0.2) is 57.8 Å². The molecule has 0 fully saturated rings. The third-order valence-corrected chi connectivity index (χ3v) is 5.91. The molecule has 0 saturated heterocycles. The molecule has 0 bridgehead atoms. The summed E-state index contributed by atoms with van der Waals surface area (Å²) in [6, 6.07) is 22.2. The maximum atomic E-state index is 6.38. The van der Waals surface area contributed by atoms with Crippen molar-refractivity contribution in [2.45, 2.75) is 13.5 Å². The number of imidazole rings is 1. The number of hydrogen-bond acceptors (Lipinski definition) is 6. The number of para-hydroxylation sites is 1. The lowest BCUT2D eigenvalue weighted by atomic mass is 10.1. The molecule has 0 saturated carbocycles. The van der Waals surface area contributed by atoms with E-state index in [4.69, 9.17) is 17.9 Å². The molecule has 2 radical (unpaired) electrons. The van der Waals surface area contributed by atoms with Gasteiger partial charge in [-0.2, -0.15) is 0 Å². The van der Waals surface area contributed by atoms with Crippen LogP contribution in [0.2, 0.25) is 0 Å². The standard InChI is InChI=1S/C27H26BN7/c1-19-7-6-10-23(31-19)27-26(20-11-12-22-24(17-20)30-14-13-29-22)32-25(33-27)18-35(28)16-15-34(2)21-8-4-3-5-9-21/h3-14,17H,15-16,18H2,1-2H3,(H,32,33). The summed E-state index contributed by atoms with van der Waals surface area (Å²) in [6.07, 6.45) is 3.39. The SMILES string of the molecule is [B]N(CCN(C)c1ccccc1)Cc1nc(-c2ccc3nccnc3c2)c(-c2cccc(C)n2)[nH]1. The second-order valence-corrected chi connectivity index (χ2v) is 8.56. The van der Waals surface area contributed by atoms with Crippen molar-refractivity contribution in [3.05, 3.63) is 90.6 Å². The summed E-state index contributed by atoms with van der Waals surface area (Å²) in [5.41, 5.74) is 7.24. The second-order valence-electron chi connectivity index (χ2n) is 8.56. The average molecular weight is 459 g/mol. The number of fused-ring (bicyclic) bond motifs is 1. The number of nitrogens with one attached hydrogen (secondary N) is 1. The van der Waals surface area contributed by atoms with E-state index in [1.807, 2.05) is 61.5 Å². The number of rotatable bonds is 8. The van der Waals surface area contributed by atoms with Crippen LogP contribution < -0.4 is 4.90 Å². The van der Waals surface area contributed by atoms with Crippen LogP contribution in [0.3, 0.4) is 0 Å². The highest BCUT2D eigenvalue weighted by Gasteiger charge is 2.17. The lowest BCUT2D eigenvalue weighted by molar-refractivity contribution is 0.444. The first-order chi connectivity index (χ1) is 17.1. The lowest BCUT2D eigenvalue weighted by Crippen LogP contribution is -2.31. The summed E-state index contributed by atoms with van der Waals surface area (Å²) >= 11 is 0. The minimum Gasteiger partial charge on any atom is -0.373 e. The van der Waals surface area contributed by atoms with E-state index in [1.54, 1.807) is 17.2 Å². The minimum absolute atomic E-state index is 0.481. The zero-order valence-corrected chi connectivity index (χ0v) is 19.9. The fraction of sp³-hybridized carbons (Fsp3) is 0.185. The Bertz CT molecular complexity index is 1430. The summed E-state index contributed by atoms with van der Waals surface area (Å²) in [5.74, 6) is 0.780. The number of pyridine rings is 1. The Morgan fingerprint density at radius 3 is 2.46 bits per heavy atom. The van der Waals surface area contributed by atoms with E-state index in [0.29, 0.717) is 13.1 Å². The fourth-order valence-corrected chi connectivity index (χ4v) is 4.05. The van der Waals surface area contributed by atoms with Gasteiger partial charge < -0.3 is 14.7 Å². The highest BCUT2D eigenvalue weighted by Crippen LogP contribution is 2.31. The molecule has 0 unspecified atom stereocenters. The van der Waals surface area contributed by atoms with Crippen molar-refractivity contribution in [1.29, 1.82) is 0 Å². The van der Waals surface area contributed by atoms with E-state index in [-0.39, 0.29) is 0 Å². The summed E-state index contributed by atoms with van der Waals surface area (Å²) in [6.45, 7) is 3.94. The van der Waals surface area contributed by atoms with Gasteiger partial charge in [0.2, 0.25) is 0 Å². The lowest BCUT2D eigenvalue weighted by Gasteiger charge is -2.23. The average Bonchev–Trinajstić information content (AvgIpc) is 3.31. The Morgan fingerprint density at radius 1 is 0.857 bits per heavy atom. The molecular formula is C27H26BN7. The molecule has 0 aliphatic rings. The highest BCUT2D eigenvalue weighted by molar-refractivity contribution is 6.04. The normalized spacial score (nSPS) is 11.3. The van der Waals surface area contributed by atoms with Gasteiger partial charge in [0.05, 0.1) is 28.1 Å². The van der Waals surface area contributed by atoms with Crippen LogP contribution in [0.4, 0.5) is 5.69 Å². The molecule has 172 valence electrons. The maximum Gasteiger partial charge on any atom is 0.183 e. The van der Waals surface area contributed by atoms with Crippen LogP contribution in [0.1, 0.15) is 11.5 Å². The Balaban J connectivity index is 1.41. The van der Waals surface area contributed by atoms with E-state index < -0.39 is 0 Å². The molecule has 8 heteroatoms. The molecule has 0 spiro atoms. The van der Waals surface area contributed by atoms with Crippen LogP contribution in [0.5, 0.6) is 0 Å². The molecule has 0 aliphatic heterocycles. The Labute approximate surface area is 206 Å². The van der Waals surface area contributed by atoms with E-state index in [2.05, 4.69) is 39.0 Å². The molecule has 3 aromatic heterocycles. The van der Waals surface area contributed by atoms with Crippen molar-refractivity contribution in [2.24, 2.45) is 0 Å². The second kappa shape index (κ2) is 10.1. The number of anilines is 1. The molecule has 5 rings (SSSR count). The number of aryl methyl sites for hydroxylation is 1. The predicted molar refractivity (Wildman–Crippen MR) is 141 cm³/mol. The molecular weight excluding hydrogens is 433 g/mol. The fourth-order valence-electron chi connectivity index (χ4n) is 4.05. The third-order valence-electron chi connectivity index (χ3n) is 5.91. The van der Waals surface area contributed by atoms with Crippen LogP contribution in [0.15, 0.2) is 79.1 Å².